The highest BCUT2D eigenvalue weighted by Crippen LogP contribution is 2.27. The van der Waals surface area contributed by atoms with E-state index in [-0.39, 0.29) is 22.9 Å². The Morgan fingerprint density at radius 1 is 1.43 bits per heavy atom. The van der Waals surface area contributed by atoms with Crippen LogP contribution >= 0.6 is 27.5 Å². The molecule has 0 atom stereocenters. The standard InChI is InChI=1S/C12H10BrClFN3O2S/c13-8-4-7(6-16)11(15)10(5-8)21(19,20)18-12-9(14)2-1-3-17-12/h1-5H,6,16H2,(H,17,18). The number of aromatic nitrogens is 1. The monoisotopic (exact) mass is 393 g/mol. The quantitative estimate of drug-likeness (QED) is 0.835. The van der Waals surface area contributed by atoms with E-state index in [1.165, 1.54) is 18.3 Å². The molecule has 5 nitrogen and oxygen atoms in total. The van der Waals surface area contributed by atoms with Crippen molar-refractivity contribution in [1.29, 1.82) is 0 Å². The molecule has 1 aromatic carbocycles. The summed E-state index contributed by atoms with van der Waals surface area (Å²) < 4.78 is 41.3. The van der Waals surface area contributed by atoms with E-state index in [0.717, 1.165) is 6.07 Å². The van der Waals surface area contributed by atoms with Gasteiger partial charge in [0.2, 0.25) is 0 Å². The Morgan fingerprint density at radius 3 is 2.76 bits per heavy atom. The van der Waals surface area contributed by atoms with Crippen LogP contribution in [0.3, 0.4) is 0 Å². The third-order valence-corrected chi connectivity index (χ3v) is 4.68. The number of rotatable bonds is 4. The van der Waals surface area contributed by atoms with Gasteiger partial charge in [-0.15, -0.1) is 0 Å². The number of halogens is 3. The van der Waals surface area contributed by atoms with E-state index in [2.05, 4.69) is 25.6 Å². The molecule has 2 aromatic rings. The molecule has 2 rings (SSSR count). The fourth-order valence-corrected chi connectivity index (χ4v) is 3.66. The smallest absolute Gasteiger partial charge is 0.266 e. The van der Waals surface area contributed by atoms with Gasteiger partial charge in [-0.05, 0) is 24.3 Å². The number of hydrogen-bond donors (Lipinski definition) is 2. The summed E-state index contributed by atoms with van der Waals surface area (Å²) in [5.41, 5.74) is 5.48. The summed E-state index contributed by atoms with van der Waals surface area (Å²) in [4.78, 5) is 3.27. The Hall–Kier alpha value is -1.22. The topological polar surface area (TPSA) is 85.1 Å². The van der Waals surface area contributed by atoms with Crippen LogP contribution < -0.4 is 10.5 Å². The number of sulfonamides is 1. The van der Waals surface area contributed by atoms with Crippen molar-refractivity contribution in [3.05, 3.63) is 51.3 Å². The highest BCUT2D eigenvalue weighted by molar-refractivity contribution is 9.10. The van der Waals surface area contributed by atoms with Crippen LogP contribution in [0.1, 0.15) is 5.56 Å². The first kappa shape index (κ1) is 16.2. The average Bonchev–Trinajstić information content (AvgIpc) is 2.43. The number of hydrogen-bond acceptors (Lipinski definition) is 4. The zero-order valence-corrected chi connectivity index (χ0v) is 13.6. The molecule has 0 radical (unpaired) electrons. The van der Waals surface area contributed by atoms with Gasteiger partial charge < -0.3 is 5.73 Å². The first-order valence-electron chi connectivity index (χ1n) is 5.66. The summed E-state index contributed by atoms with van der Waals surface area (Å²) >= 11 is 8.96. The summed E-state index contributed by atoms with van der Waals surface area (Å²) in [7, 11) is -4.18. The highest BCUT2D eigenvalue weighted by atomic mass is 79.9. The predicted molar refractivity (Wildman–Crippen MR) is 82.0 cm³/mol. The molecule has 0 aliphatic rings. The Labute approximate surface area is 134 Å². The van der Waals surface area contributed by atoms with Gasteiger partial charge in [-0.3, -0.25) is 4.72 Å². The Morgan fingerprint density at radius 2 is 2.14 bits per heavy atom. The van der Waals surface area contributed by atoms with Gasteiger partial charge in [-0.2, -0.15) is 0 Å². The fourth-order valence-electron chi connectivity index (χ4n) is 1.61. The zero-order valence-electron chi connectivity index (χ0n) is 10.5. The second-order valence-electron chi connectivity index (χ2n) is 4.02. The number of pyridine rings is 1. The van der Waals surface area contributed by atoms with Crippen LogP contribution in [0.25, 0.3) is 0 Å². The number of benzene rings is 1. The minimum atomic E-state index is -4.18. The van der Waals surface area contributed by atoms with Crippen LogP contribution in [-0.2, 0) is 16.6 Å². The van der Waals surface area contributed by atoms with E-state index in [1.807, 2.05) is 0 Å². The van der Waals surface area contributed by atoms with E-state index in [4.69, 9.17) is 17.3 Å². The summed E-state index contributed by atoms with van der Waals surface area (Å²) in [5.74, 6) is -0.979. The van der Waals surface area contributed by atoms with Crippen molar-refractivity contribution < 1.29 is 12.8 Å². The molecule has 0 bridgehead atoms. The van der Waals surface area contributed by atoms with Gasteiger partial charge in [-0.25, -0.2) is 17.8 Å². The number of nitrogens with two attached hydrogens (primary N) is 1. The van der Waals surface area contributed by atoms with E-state index in [9.17, 15) is 12.8 Å². The molecule has 1 heterocycles. The summed E-state index contributed by atoms with van der Waals surface area (Å²) in [6.45, 7) is -0.127. The van der Waals surface area contributed by atoms with E-state index >= 15 is 0 Å². The zero-order chi connectivity index (χ0) is 15.6. The summed E-state index contributed by atoms with van der Waals surface area (Å²) in [5, 5.41) is 0.107. The average molecular weight is 395 g/mol. The lowest BCUT2D eigenvalue weighted by Gasteiger charge is -2.11. The van der Waals surface area contributed by atoms with Gasteiger partial charge in [-0.1, -0.05) is 27.5 Å². The van der Waals surface area contributed by atoms with Gasteiger partial charge in [0, 0.05) is 22.8 Å². The largest absolute Gasteiger partial charge is 0.326 e. The van der Waals surface area contributed by atoms with E-state index in [0.29, 0.717) is 4.47 Å². The van der Waals surface area contributed by atoms with Crippen LogP contribution in [0.5, 0.6) is 0 Å². The highest BCUT2D eigenvalue weighted by Gasteiger charge is 2.23. The second-order valence-corrected chi connectivity index (χ2v) is 6.99. The van der Waals surface area contributed by atoms with E-state index < -0.39 is 20.7 Å². The SMILES string of the molecule is NCc1cc(Br)cc(S(=O)(=O)Nc2ncccc2Cl)c1F. The van der Waals surface area contributed by atoms with Gasteiger partial charge >= 0.3 is 0 Å². The summed E-state index contributed by atoms with van der Waals surface area (Å²) in [6, 6.07) is 5.58. The van der Waals surface area contributed by atoms with Gasteiger partial charge in [0.25, 0.3) is 10.0 Å². The molecule has 0 amide bonds. The molecule has 0 aliphatic heterocycles. The Bertz CT molecular complexity index is 786. The van der Waals surface area contributed by atoms with E-state index in [1.54, 1.807) is 6.07 Å². The normalized spacial score (nSPS) is 11.4. The van der Waals surface area contributed by atoms with Crippen LogP contribution in [0.15, 0.2) is 39.8 Å². The third kappa shape index (κ3) is 3.52. The third-order valence-electron chi connectivity index (χ3n) is 2.58. The van der Waals surface area contributed by atoms with Crippen molar-refractivity contribution in [3.63, 3.8) is 0 Å². The molecule has 0 saturated heterocycles. The molecule has 0 spiro atoms. The molecular weight excluding hydrogens is 385 g/mol. The molecule has 112 valence electrons. The minimum absolute atomic E-state index is 0.0761. The lowest BCUT2D eigenvalue weighted by Crippen LogP contribution is -2.17. The maximum absolute atomic E-state index is 14.2. The van der Waals surface area contributed by atoms with Gasteiger partial charge in [0.1, 0.15) is 10.7 Å². The van der Waals surface area contributed by atoms with Crippen LogP contribution in [0.4, 0.5) is 10.2 Å². The predicted octanol–water partition coefficient (Wildman–Crippen LogP) is 2.90. The molecule has 0 fully saturated rings. The maximum Gasteiger partial charge on any atom is 0.266 e. The van der Waals surface area contributed by atoms with Crippen LogP contribution in [-0.4, -0.2) is 13.4 Å². The van der Waals surface area contributed by atoms with Crippen molar-refractivity contribution in [1.82, 2.24) is 4.98 Å². The molecule has 0 unspecified atom stereocenters. The molecule has 0 aliphatic carbocycles. The Kier molecular flexibility index (Phi) is 4.82. The lowest BCUT2D eigenvalue weighted by atomic mass is 10.2. The van der Waals surface area contributed by atoms with Crippen molar-refractivity contribution in [2.45, 2.75) is 11.4 Å². The van der Waals surface area contributed by atoms with Crippen molar-refractivity contribution in [2.24, 2.45) is 5.73 Å². The number of nitrogens with one attached hydrogen (secondary N) is 1. The van der Waals surface area contributed by atoms with Crippen LogP contribution in [0, 0.1) is 5.82 Å². The maximum atomic E-state index is 14.2. The van der Waals surface area contributed by atoms with Crippen LogP contribution in [0.2, 0.25) is 5.02 Å². The molecular formula is C12H10BrClFN3O2S. The van der Waals surface area contributed by atoms with Gasteiger partial charge in [0.15, 0.2) is 5.82 Å². The molecule has 3 N–H and O–H groups in total. The first-order chi connectivity index (χ1) is 9.85. The molecule has 0 saturated carbocycles. The fraction of sp³-hybridized carbons (Fsp3) is 0.0833. The summed E-state index contributed by atoms with van der Waals surface area (Å²) in [6.07, 6.45) is 1.37. The van der Waals surface area contributed by atoms with Gasteiger partial charge in [0.05, 0.1) is 5.02 Å². The van der Waals surface area contributed by atoms with Crippen molar-refractivity contribution in [2.75, 3.05) is 4.72 Å². The molecule has 21 heavy (non-hydrogen) atoms. The van der Waals surface area contributed by atoms with Crippen molar-refractivity contribution in [3.8, 4) is 0 Å². The second kappa shape index (κ2) is 6.27. The molecule has 9 heteroatoms. The number of nitrogens with zero attached hydrogens (tertiary/aromatic N) is 1. The first-order valence-corrected chi connectivity index (χ1v) is 8.32. The Balaban J connectivity index is 2.50. The number of anilines is 1. The lowest BCUT2D eigenvalue weighted by molar-refractivity contribution is 0.560. The minimum Gasteiger partial charge on any atom is -0.326 e. The molecule has 1 aromatic heterocycles. The van der Waals surface area contributed by atoms with Crippen molar-refractivity contribution >= 4 is 43.4 Å².